The number of hydrogen-bond acceptors (Lipinski definition) is 5. The molecule has 0 aliphatic carbocycles. The van der Waals surface area contributed by atoms with Gasteiger partial charge in [0.05, 0.1) is 18.7 Å². The van der Waals surface area contributed by atoms with E-state index in [4.69, 9.17) is 9.47 Å². The minimum absolute atomic E-state index is 0.0146. The highest BCUT2D eigenvalue weighted by molar-refractivity contribution is 7.89. The van der Waals surface area contributed by atoms with E-state index in [-0.39, 0.29) is 29.6 Å². The molecule has 1 aromatic heterocycles. The Kier molecular flexibility index (Phi) is 5.80. The van der Waals surface area contributed by atoms with Gasteiger partial charge in [-0.3, -0.25) is 0 Å². The van der Waals surface area contributed by atoms with E-state index in [0.29, 0.717) is 13.0 Å². The second kappa shape index (κ2) is 7.96. The molecule has 1 atom stereocenters. The Morgan fingerprint density at radius 3 is 2.71 bits per heavy atom. The summed E-state index contributed by atoms with van der Waals surface area (Å²) < 4.78 is 76.4. The maximum absolute atomic E-state index is 12.9. The van der Waals surface area contributed by atoms with Gasteiger partial charge in [0.15, 0.2) is 0 Å². The summed E-state index contributed by atoms with van der Waals surface area (Å²) in [7, 11) is -3.82. The SMILES string of the molecule is CCOc1ccccc1S(=O)(=O)N1CCC(Oc2cc(C(F)(F)F)ccn2)C1. The molecule has 1 fully saturated rings. The van der Waals surface area contributed by atoms with Gasteiger partial charge >= 0.3 is 6.18 Å². The van der Waals surface area contributed by atoms with Crippen molar-refractivity contribution < 1.29 is 31.1 Å². The van der Waals surface area contributed by atoms with Gasteiger partial charge in [0.2, 0.25) is 15.9 Å². The first-order chi connectivity index (χ1) is 13.2. The van der Waals surface area contributed by atoms with Crippen LogP contribution in [-0.4, -0.2) is 43.5 Å². The number of pyridine rings is 1. The second-order valence-electron chi connectivity index (χ2n) is 6.15. The zero-order chi connectivity index (χ0) is 20.4. The molecule has 1 saturated heterocycles. The van der Waals surface area contributed by atoms with Crippen LogP contribution >= 0.6 is 0 Å². The Morgan fingerprint density at radius 2 is 2.00 bits per heavy atom. The van der Waals surface area contributed by atoms with Gasteiger partial charge in [-0.05, 0) is 31.5 Å². The number of halogens is 3. The summed E-state index contributed by atoms with van der Waals surface area (Å²) in [6.45, 7) is 2.28. The molecule has 0 spiro atoms. The molecule has 3 rings (SSSR count). The molecular formula is C18H19F3N2O4S. The van der Waals surface area contributed by atoms with E-state index in [9.17, 15) is 21.6 Å². The predicted octanol–water partition coefficient (Wildman–Crippen LogP) is 3.34. The summed E-state index contributed by atoms with van der Waals surface area (Å²) in [4.78, 5) is 3.84. The van der Waals surface area contributed by atoms with Crippen LogP contribution in [0, 0.1) is 0 Å². The third-order valence-corrected chi connectivity index (χ3v) is 6.13. The van der Waals surface area contributed by atoms with Crippen LogP contribution in [0.25, 0.3) is 0 Å². The van der Waals surface area contributed by atoms with Gasteiger partial charge in [-0.1, -0.05) is 12.1 Å². The number of sulfonamides is 1. The van der Waals surface area contributed by atoms with Gasteiger partial charge in [0, 0.05) is 18.8 Å². The number of para-hydroxylation sites is 1. The van der Waals surface area contributed by atoms with Crippen LogP contribution in [0.3, 0.4) is 0 Å². The van der Waals surface area contributed by atoms with E-state index in [0.717, 1.165) is 18.3 Å². The third kappa shape index (κ3) is 4.39. The van der Waals surface area contributed by atoms with Crippen LogP contribution in [0.5, 0.6) is 11.6 Å². The third-order valence-electron chi connectivity index (χ3n) is 4.22. The number of aromatic nitrogens is 1. The van der Waals surface area contributed by atoms with E-state index >= 15 is 0 Å². The molecule has 1 aromatic carbocycles. The summed E-state index contributed by atoms with van der Waals surface area (Å²) in [5, 5.41) is 0. The lowest BCUT2D eigenvalue weighted by atomic mass is 10.2. The molecule has 6 nitrogen and oxygen atoms in total. The Bertz CT molecular complexity index is 934. The van der Waals surface area contributed by atoms with Crippen molar-refractivity contribution >= 4 is 10.0 Å². The molecule has 0 saturated carbocycles. The Hall–Kier alpha value is -2.33. The van der Waals surface area contributed by atoms with Crippen LogP contribution < -0.4 is 9.47 Å². The van der Waals surface area contributed by atoms with Gasteiger partial charge in [-0.15, -0.1) is 0 Å². The van der Waals surface area contributed by atoms with Crippen LogP contribution in [0.2, 0.25) is 0 Å². The number of rotatable bonds is 6. The lowest BCUT2D eigenvalue weighted by Gasteiger charge is -2.19. The molecule has 2 aromatic rings. The molecular weight excluding hydrogens is 397 g/mol. The molecule has 2 heterocycles. The van der Waals surface area contributed by atoms with Crippen LogP contribution in [0.4, 0.5) is 13.2 Å². The van der Waals surface area contributed by atoms with Crippen LogP contribution in [0.15, 0.2) is 47.5 Å². The highest BCUT2D eigenvalue weighted by Gasteiger charge is 2.36. The average Bonchev–Trinajstić information content (AvgIpc) is 3.11. The van der Waals surface area contributed by atoms with Crippen molar-refractivity contribution in [1.82, 2.24) is 9.29 Å². The minimum atomic E-state index is -4.50. The first-order valence-corrected chi connectivity index (χ1v) is 10.1. The number of ether oxygens (including phenoxy) is 2. The van der Waals surface area contributed by atoms with Gasteiger partial charge < -0.3 is 9.47 Å². The first kappa shape index (κ1) is 20.4. The minimum Gasteiger partial charge on any atom is -0.492 e. The number of alkyl halides is 3. The molecule has 0 N–H and O–H groups in total. The van der Waals surface area contributed by atoms with Gasteiger partial charge in [-0.2, -0.15) is 17.5 Å². The zero-order valence-electron chi connectivity index (χ0n) is 15.0. The summed E-state index contributed by atoms with van der Waals surface area (Å²) >= 11 is 0. The highest BCUT2D eigenvalue weighted by Crippen LogP contribution is 2.32. The van der Waals surface area contributed by atoms with Crippen molar-refractivity contribution in [3.63, 3.8) is 0 Å². The molecule has 0 bridgehead atoms. The largest absolute Gasteiger partial charge is 0.492 e. The smallest absolute Gasteiger partial charge is 0.416 e. The van der Waals surface area contributed by atoms with E-state index in [1.165, 1.54) is 10.4 Å². The Balaban J connectivity index is 1.74. The lowest BCUT2D eigenvalue weighted by Crippen LogP contribution is -2.31. The Morgan fingerprint density at radius 1 is 1.25 bits per heavy atom. The maximum Gasteiger partial charge on any atom is 0.416 e. The quantitative estimate of drug-likeness (QED) is 0.723. The highest BCUT2D eigenvalue weighted by atomic mass is 32.2. The summed E-state index contributed by atoms with van der Waals surface area (Å²) in [5.74, 6) is 0.0719. The monoisotopic (exact) mass is 416 g/mol. The number of hydrogen-bond donors (Lipinski definition) is 0. The Labute approximate surface area is 161 Å². The maximum atomic E-state index is 12.9. The first-order valence-electron chi connectivity index (χ1n) is 8.63. The fraction of sp³-hybridized carbons (Fsp3) is 0.389. The summed E-state index contributed by atoms with van der Waals surface area (Å²) in [6, 6.07) is 7.98. The van der Waals surface area contributed by atoms with E-state index in [1.807, 2.05) is 0 Å². The van der Waals surface area contributed by atoms with Crippen molar-refractivity contribution in [2.75, 3.05) is 19.7 Å². The van der Waals surface area contributed by atoms with E-state index in [1.54, 1.807) is 25.1 Å². The van der Waals surface area contributed by atoms with E-state index < -0.39 is 27.9 Å². The lowest BCUT2D eigenvalue weighted by molar-refractivity contribution is -0.137. The van der Waals surface area contributed by atoms with Crippen molar-refractivity contribution in [3.8, 4) is 11.6 Å². The molecule has 1 aliphatic heterocycles. The number of benzene rings is 1. The molecule has 10 heteroatoms. The normalized spacial score (nSPS) is 18.2. The summed E-state index contributed by atoms with van der Waals surface area (Å²) in [6.07, 6.45) is -3.74. The van der Waals surface area contributed by atoms with Gasteiger partial charge in [0.1, 0.15) is 16.7 Å². The molecule has 28 heavy (non-hydrogen) atoms. The van der Waals surface area contributed by atoms with Crippen molar-refractivity contribution in [2.45, 2.75) is 30.5 Å². The molecule has 1 unspecified atom stereocenters. The molecule has 0 radical (unpaired) electrons. The van der Waals surface area contributed by atoms with Crippen LogP contribution in [0.1, 0.15) is 18.9 Å². The van der Waals surface area contributed by atoms with Crippen molar-refractivity contribution in [3.05, 3.63) is 48.2 Å². The van der Waals surface area contributed by atoms with Crippen LogP contribution in [-0.2, 0) is 16.2 Å². The fourth-order valence-electron chi connectivity index (χ4n) is 2.91. The average molecular weight is 416 g/mol. The summed E-state index contributed by atoms with van der Waals surface area (Å²) in [5.41, 5.74) is -0.870. The second-order valence-corrected chi connectivity index (χ2v) is 8.06. The number of nitrogens with zero attached hydrogens (tertiary/aromatic N) is 2. The van der Waals surface area contributed by atoms with Crippen molar-refractivity contribution in [1.29, 1.82) is 0 Å². The van der Waals surface area contributed by atoms with Gasteiger partial charge in [-0.25, -0.2) is 13.4 Å². The topological polar surface area (TPSA) is 68.7 Å². The predicted molar refractivity (Wildman–Crippen MR) is 94.6 cm³/mol. The molecule has 0 amide bonds. The molecule has 1 aliphatic rings. The standard InChI is InChI=1S/C18H19F3N2O4S/c1-2-26-15-5-3-4-6-16(15)28(24,25)23-10-8-14(12-23)27-17-11-13(7-9-22-17)18(19,20)21/h3-7,9,11,14H,2,8,10,12H2,1H3. The zero-order valence-corrected chi connectivity index (χ0v) is 15.8. The molecule has 152 valence electrons. The van der Waals surface area contributed by atoms with Crippen molar-refractivity contribution in [2.24, 2.45) is 0 Å². The fourth-order valence-corrected chi connectivity index (χ4v) is 4.53. The van der Waals surface area contributed by atoms with Gasteiger partial charge in [0.25, 0.3) is 0 Å². The van der Waals surface area contributed by atoms with E-state index in [2.05, 4.69) is 4.98 Å².